The highest BCUT2D eigenvalue weighted by Gasteiger charge is 2.33. The molecule has 0 spiro atoms. The largest absolute Gasteiger partial charge is 0.351 e. The van der Waals surface area contributed by atoms with Crippen LogP contribution in [0.4, 0.5) is 5.69 Å². The van der Waals surface area contributed by atoms with E-state index in [0.717, 1.165) is 47.9 Å². The van der Waals surface area contributed by atoms with Gasteiger partial charge in [0, 0.05) is 54.8 Å². The van der Waals surface area contributed by atoms with Gasteiger partial charge in [0.25, 0.3) is 5.91 Å². The molecule has 38 heavy (non-hydrogen) atoms. The second-order valence-electron chi connectivity index (χ2n) is 10.2. The number of carbonyl (C=O) groups is 1. The number of hydrogen-bond acceptors (Lipinski definition) is 4. The van der Waals surface area contributed by atoms with Gasteiger partial charge in [0.05, 0.1) is 0 Å². The molecular weight excluding hydrogens is 488 g/mol. The number of likely N-dealkylation sites (tertiary alicyclic amines) is 1. The molecule has 0 bridgehead atoms. The smallest absolute Gasteiger partial charge is 0.251 e. The first-order valence-electron chi connectivity index (χ1n) is 13.7. The van der Waals surface area contributed by atoms with Crippen LogP contribution >= 0.6 is 12.2 Å². The number of nitrogens with zero attached hydrogens (tertiary/aromatic N) is 3. The maximum atomic E-state index is 12.7. The molecule has 0 radical (unpaired) electrons. The Bertz CT molecular complexity index is 1280. The molecule has 5 nitrogen and oxygen atoms in total. The van der Waals surface area contributed by atoms with E-state index in [1.165, 1.54) is 30.4 Å². The van der Waals surface area contributed by atoms with Gasteiger partial charge >= 0.3 is 0 Å². The molecule has 1 amide bonds. The van der Waals surface area contributed by atoms with Crippen molar-refractivity contribution in [2.45, 2.75) is 45.1 Å². The molecule has 1 aromatic heterocycles. The van der Waals surface area contributed by atoms with Crippen molar-refractivity contribution in [2.75, 3.05) is 31.1 Å². The van der Waals surface area contributed by atoms with Gasteiger partial charge in [-0.3, -0.25) is 9.78 Å². The standard InChI is InChI=1S/C32H36N4OS/c1-2-27-28(21-24-9-5-3-6-10-24)29-22-33-16-15-30(29)36(32(27)38)23-25-11-13-26(14-12-25)31(37)34-17-20-35-18-7-4-8-19-35/h2-3,5-6,9-16,22,28H,4,7-8,17-21,23H2,1H3,(H,34,37)/b27-2+. The Morgan fingerprint density at radius 2 is 1.79 bits per heavy atom. The third-order valence-electron chi connectivity index (χ3n) is 7.67. The molecule has 196 valence electrons. The van der Waals surface area contributed by atoms with Gasteiger partial charge in [-0.15, -0.1) is 0 Å². The fourth-order valence-electron chi connectivity index (χ4n) is 5.60. The Morgan fingerprint density at radius 1 is 1.03 bits per heavy atom. The number of piperidine rings is 1. The van der Waals surface area contributed by atoms with Crippen molar-refractivity contribution < 1.29 is 4.79 Å². The summed E-state index contributed by atoms with van der Waals surface area (Å²) in [5, 5.41) is 3.08. The molecule has 1 fully saturated rings. The Kier molecular flexibility index (Phi) is 8.61. The van der Waals surface area contributed by atoms with Gasteiger partial charge < -0.3 is 15.1 Å². The summed E-state index contributed by atoms with van der Waals surface area (Å²) in [5.41, 5.74) is 6.55. The first-order chi connectivity index (χ1) is 18.6. The molecule has 3 aromatic rings. The van der Waals surface area contributed by atoms with Gasteiger partial charge in [-0.05, 0) is 74.2 Å². The number of anilines is 1. The van der Waals surface area contributed by atoms with Crippen LogP contribution in [-0.4, -0.2) is 47.0 Å². The van der Waals surface area contributed by atoms with E-state index < -0.39 is 0 Å². The number of hydrogen-bond donors (Lipinski definition) is 1. The van der Waals surface area contributed by atoms with Crippen LogP contribution < -0.4 is 10.2 Å². The summed E-state index contributed by atoms with van der Waals surface area (Å²) in [4.78, 5) is 22.7. The number of aromatic nitrogens is 1. The van der Waals surface area contributed by atoms with Crippen LogP contribution in [0.25, 0.3) is 0 Å². The highest BCUT2D eigenvalue weighted by Crippen LogP contribution is 2.41. The summed E-state index contributed by atoms with van der Waals surface area (Å²) in [6.07, 6.45) is 10.7. The molecule has 1 N–H and O–H groups in total. The monoisotopic (exact) mass is 524 g/mol. The van der Waals surface area contributed by atoms with E-state index in [1.807, 2.05) is 42.7 Å². The van der Waals surface area contributed by atoms with Crippen LogP contribution in [0.5, 0.6) is 0 Å². The zero-order valence-corrected chi connectivity index (χ0v) is 22.9. The summed E-state index contributed by atoms with van der Waals surface area (Å²) in [6, 6.07) is 20.5. The van der Waals surface area contributed by atoms with Crippen molar-refractivity contribution >= 4 is 28.8 Å². The molecule has 6 heteroatoms. The Hall–Kier alpha value is -3.35. The minimum Gasteiger partial charge on any atom is -0.351 e. The van der Waals surface area contributed by atoms with E-state index in [2.05, 4.69) is 63.4 Å². The van der Waals surface area contributed by atoms with Crippen molar-refractivity contribution in [3.63, 3.8) is 0 Å². The molecule has 3 heterocycles. The first kappa shape index (κ1) is 26.3. The molecular formula is C32H36N4OS. The van der Waals surface area contributed by atoms with E-state index in [9.17, 15) is 4.79 Å². The maximum absolute atomic E-state index is 12.7. The lowest BCUT2D eigenvalue weighted by Crippen LogP contribution is -2.38. The third kappa shape index (κ3) is 6.03. The predicted molar refractivity (Wildman–Crippen MR) is 159 cm³/mol. The van der Waals surface area contributed by atoms with Crippen LogP contribution in [0, 0.1) is 0 Å². The van der Waals surface area contributed by atoms with E-state index in [4.69, 9.17) is 12.2 Å². The van der Waals surface area contributed by atoms with E-state index >= 15 is 0 Å². The quantitative estimate of drug-likeness (QED) is 0.293. The molecule has 0 aliphatic carbocycles. The Balaban J connectivity index is 1.28. The van der Waals surface area contributed by atoms with Crippen molar-refractivity contribution in [3.8, 4) is 0 Å². The van der Waals surface area contributed by atoms with Crippen molar-refractivity contribution in [3.05, 3.63) is 107 Å². The minimum atomic E-state index is -0.0153. The second kappa shape index (κ2) is 12.5. The average molecular weight is 525 g/mol. The molecule has 0 saturated carbocycles. The van der Waals surface area contributed by atoms with E-state index in [0.29, 0.717) is 18.7 Å². The lowest BCUT2D eigenvalue weighted by molar-refractivity contribution is 0.0946. The maximum Gasteiger partial charge on any atom is 0.251 e. The number of nitrogens with one attached hydrogen (secondary N) is 1. The van der Waals surface area contributed by atoms with Crippen molar-refractivity contribution in [1.82, 2.24) is 15.2 Å². The minimum absolute atomic E-state index is 0.0153. The third-order valence-corrected chi connectivity index (χ3v) is 8.13. The van der Waals surface area contributed by atoms with Gasteiger partial charge in [-0.2, -0.15) is 0 Å². The Labute approximate surface area is 231 Å². The van der Waals surface area contributed by atoms with Crippen molar-refractivity contribution in [2.24, 2.45) is 0 Å². The lowest BCUT2D eigenvalue weighted by Gasteiger charge is -2.38. The molecule has 1 unspecified atom stereocenters. The van der Waals surface area contributed by atoms with Crippen LogP contribution in [0.1, 0.15) is 59.2 Å². The fraction of sp³-hybridized carbons (Fsp3) is 0.344. The molecule has 5 rings (SSSR count). The molecule has 2 aliphatic heterocycles. The highest BCUT2D eigenvalue weighted by atomic mass is 32.1. The van der Waals surface area contributed by atoms with Gasteiger partial charge in [-0.25, -0.2) is 0 Å². The summed E-state index contributed by atoms with van der Waals surface area (Å²) >= 11 is 6.05. The normalized spacial score (nSPS) is 18.9. The summed E-state index contributed by atoms with van der Waals surface area (Å²) in [5.74, 6) is 0.157. The SMILES string of the molecule is C/C=C1/C(=S)N(Cc2ccc(C(=O)NCCN3CCCCC3)cc2)c2ccncc2C1Cc1ccccc1. The van der Waals surface area contributed by atoms with Gasteiger partial charge in [-0.1, -0.05) is 67.2 Å². The molecule has 2 aromatic carbocycles. The topological polar surface area (TPSA) is 48.5 Å². The summed E-state index contributed by atoms with van der Waals surface area (Å²) < 4.78 is 0. The van der Waals surface area contributed by atoms with Crippen LogP contribution in [-0.2, 0) is 13.0 Å². The van der Waals surface area contributed by atoms with Crippen LogP contribution in [0.2, 0.25) is 0 Å². The average Bonchev–Trinajstić information content (AvgIpc) is 2.96. The number of fused-ring (bicyclic) bond motifs is 1. The summed E-state index contributed by atoms with van der Waals surface area (Å²) in [6.45, 7) is 6.60. The van der Waals surface area contributed by atoms with Gasteiger partial charge in [0.15, 0.2) is 0 Å². The van der Waals surface area contributed by atoms with E-state index in [1.54, 1.807) is 0 Å². The number of carbonyl (C=O) groups excluding carboxylic acids is 1. The Morgan fingerprint density at radius 3 is 2.53 bits per heavy atom. The molecule has 2 aliphatic rings. The molecule has 1 saturated heterocycles. The number of amides is 1. The van der Waals surface area contributed by atoms with Crippen molar-refractivity contribution in [1.29, 1.82) is 0 Å². The van der Waals surface area contributed by atoms with Crippen LogP contribution in [0.15, 0.2) is 84.7 Å². The number of rotatable bonds is 8. The number of pyridine rings is 1. The number of benzene rings is 2. The molecule has 1 atom stereocenters. The highest BCUT2D eigenvalue weighted by molar-refractivity contribution is 7.81. The zero-order chi connectivity index (χ0) is 26.3. The summed E-state index contributed by atoms with van der Waals surface area (Å²) in [7, 11) is 0. The number of thiocarbonyl (C=S) groups is 1. The van der Waals surface area contributed by atoms with Gasteiger partial charge in [0.2, 0.25) is 0 Å². The number of allylic oxidation sites excluding steroid dienone is 1. The zero-order valence-electron chi connectivity index (χ0n) is 22.1. The van der Waals surface area contributed by atoms with Crippen LogP contribution in [0.3, 0.4) is 0 Å². The van der Waals surface area contributed by atoms with Gasteiger partial charge in [0.1, 0.15) is 4.99 Å². The predicted octanol–water partition coefficient (Wildman–Crippen LogP) is 5.92. The second-order valence-corrected chi connectivity index (χ2v) is 10.6. The lowest BCUT2D eigenvalue weighted by atomic mass is 9.82. The van der Waals surface area contributed by atoms with E-state index in [-0.39, 0.29) is 11.8 Å². The fourth-order valence-corrected chi connectivity index (χ4v) is 6.03. The first-order valence-corrected chi connectivity index (χ1v) is 14.1.